The Balaban J connectivity index is 2.24. The third kappa shape index (κ3) is 2.99. The summed E-state index contributed by atoms with van der Waals surface area (Å²) < 4.78 is 17.4. The smallest absolute Gasteiger partial charge is 0.340 e. The van der Waals surface area contributed by atoms with Crippen LogP contribution < -0.4 is 5.43 Å². The number of nitrogens with zero attached hydrogens (tertiary/aromatic N) is 2. The van der Waals surface area contributed by atoms with Crippen molar-refractivity contribution in [2.45, 2.75) is 13.8 Å². The van der Waals surface area contributed by atoms with Gasteiger partial charge in [0.05, 0.1) is 47.9 Å². The summed E-state index contributed by atoms with van der Waals surface area (Å²) in [7, 11) is 4.23. The highest BCUT2D eigenvalue weighted by Gasteiger charge is 2.29. The van der Waals surface area contributed by atoms with Crippen molar-refractivity contribution >= 4 is 34.0 Å². The van der Waals surface area contributed by atoms with Gasteiger partial charge < -0.3 is 18.5 Å². The van der Waals surface area contributed by atoms with E-state index in [4.69, 9.17) is 13.9 Å². The van der Waals surface area contributed by atoms with Gasteiger partial charge in [0.25, 0.3) is 0 Å². The lowest BCUT2D eigenvalue weighted by atomic mass is 9.94. The highest BCUT2D eigenvalue weighted by molar-refractivity contribution is 6.08. The number of fused-ring (bicyclic) bond motifs is 3. The minimum Gasteiger partial charge on any atom is -0.465 e. The molecule has 8 nitrogen and oxygen atoms in total. The molecule has 4 aromatic rings. The highest BCUT2D eigenvalue weighted by atomic mass is 16.5. The molecule has 0 saturated heterocycles. The van der Waals surface area contributed by atoms with E-state index in [9.17, 15) is 14.4 Å². The molecular weight excluding hydrogens is 400 g/mol. The fourth-order valence-corrected chi connectivity index (χ4v) is 3.99. The number of benzene rings is 1. The van der Waals surface area contributed by atoms with Gasteiger partial charge in [-0.25, -0.2) is 9.59 Å². The Morgan fingerprint density at radius 2 is 1.58 bits per heavy atom. The number of methoxy groups -OCH3 is 2. The van der Waals surface area contributed by atoms with Crippen molar-refractivity contribution in [1.29, 1.82) is 0 Å². The van der Waals surface area contributed by atoms with E-state index in [-0.39, 0.29) is 27.7 Å². The van der Waals surface area contributed by atoms with Crippen LogP contribution in [0.5, 0.6) is 0 Å². The van der Waals surface area contributed by atoms with Crippen molar-refractivity contribution in [2.75, 3.05) is 14.2 Å². The zero-order valence-corrected chi connectivity index (χ0v) is 17.7. The molecule has 158 valence electrons. The predicted molar refractivity (Wildman–Crippen MR) is 114 cm³/mol. The van der Waals surface area contributed by atoms with Crippen molar-refractivity contribution in [3.63, 3.8) is 0 Å². The Kier molecular flexibility index (Phi) is 4.85. The molecule has 0 atom stereocenters. The van der Waals surface area contributed by atoms with Crippen LogP contribution in [0, 0.1) is 13.8 Å². The third-order valence-electron chi connectivity index (χ3n) is 5.35. The number of hydrogen-bond acceptors (Lipinski definition) is 7. The summed E-state index contributed by atoms with van der Waals surface area (Å²) in [6.45, 7) is 3.29. The number of para-hydroxylation sites is 1. The van der Waals surface area contributed by atoms with Gasteiger partial charge >= 0.3 is 11.9 Å². The van der Waals surface area contributed by atoms with Crippen molar-refractivity contribution in [3.05, 3.63) is 63.1 Å². The van der Waals surface area contributed by atoms with Crippen LogP contribution in [0.1, 0.15) is 32.1 Å². The normalized spacial score (nSPS) is 11.1. The number of rotatable bonds is 3. The molecule has 0 bridgehead atoms. The summed E-state index contributed by atoms with van der Waals surface area (Å²) in [5, 5.41) is 0.737. The van der Waals surface area contributed by atoms with Gasteiger partial charge in [-0.05, 0) is 26.0 Å². The number of aryl methyl sites for hydroxylation is 3. The first-order valence-electron chi connectivity index (χ1n) is 9.49. The number of hydrogen-bond donors (Lipinski definition) is 0. The average Bonchev–Trinajstić information content (AvgIpc) is 3.15. The molecule has 3 aromatic heterocycles. The van der Waals surface area contributed by atoms with Gasteiger partial charge in [0.2, 0.25) is 5.43 Å². The van der Waals surface area contributed by atoms with Gasteiger partial charge in [0.15, 0.2) is 5.58 Å². The second kappa shape index (κ2) is 7.39. The lowest BCUT2D eigenvalue weighted by Gasteiger charge is -2.19. The van der Waals surface area contributed by atoms with Crippen LogP contribution in [0.3, 0.4) is 0 Å². The average molecular weight is 420 g/mol. The van der Waals surface area contributed by atoms with Crippen LogP contribution in [0.25, 0.3) is 33.3 Å². The number of carbonyl (C=O) groups excluding carboxylic acids is 2. The molecule has 0 fully saturated rings. The van der Waals surface area contributed by atoms with Gasteiger partial charge in [-0.2, -0.15) is 0 Å². The van der Waals surface area contributed by atoms with Crippen LogP contribution in [0.2, 0.25) is 0 Å². The molecule has 0 radical (unpaired) electrons. The number of aromatic nitrogens is 2. The summed E-state index contributed by atoms with van der Waals surface area (Å²) in [4.78, 5) is 42.8. The first kappa shape index (κ1) is 20.3. The number of ether oxygens (including phenoxy) is 2. The summed E-state index contributed by atoms with van der Waals surface area (Å²) in [6.07, 6.45) is 0. The fourth-order valence-electron chi connectivity index (χ4n) is 3.99. The van der Waals surface area contributed by atoms with E-state index in [2.05, 4.69) is 4.98 Å². The number of furan rings is 1. The minimum absolute atomic E-state index is 0.0932. The monoisotopic (exact) mass is 420 g/mol. The maximum atomic E-state index is 13.0. The lowest BCUT2D eigenvalue weighted by molar-refractivity contribution is 0.0599. The molecule has 0 aliphatic heterocycles. The van der Waals surface area contributed by atoms with Crippen LogP contribution in [-0.4, -0.2) is 35.7 Å². The molecule has 8 heteroatoms. The maximum Gasteiger partial charge on any atom is 0.340 e. The van der Waals surface area contributed by atoms with E-state index >= 15 is 0 Å². The Hall–Kier alpha value is -3.94. The van der Waals surface area contributed by atoms with Crippen LogP contribution in [0.15, 0.2) is 39.5 Å². The molecule has 0 N–H and O–H groups in total. The molecular formula is C23H20N2O6. The van der Waals surface area contributed by atoms with Crippen molar-refractivity contribution in [2.24, 2.45) is 7.05 Å². The zero-order chi connectivity index (χ0) is 22.4. The van der Waals surface area contributed by atoms with Crippen LogP contribution in [0.4, 0.5) is 0 Å². The van der Waals surface area contributed by atoms with Gasteiger partial charge in [0, 0.05) is 24.1 Å². The molecule has 0 saturated carbocycles. The third-order valence-corrected chi connectivity index (χ3v) is 5.35. The van der Waals surface area contributed by atoms with Crippen LogP contribution in [-0.2, 0) is 16.5 Å². The van der Waals surface area contributed by atoms with Gasteiger partial charge in [-0.1, -0.05) is 12.1 Å². The first-order chi connectivity index (χ1) is 14.8. The maximum absolute atomic E-state index is 13.0. The standard InChI is InChI=1S/C23H20N2O6/c1-11-17(22(27)29-4)19(18(12(2)24-11)23(28)30-5)14-10-15(26)21-20(25(14)3)13-8-6-7-9-16(13)31-21/h6-10H,1-5H3. The Labute approximate surface area is 177 Å². The molecule has 0 aliphatic rings. The molecule has 1 aromatic carbocycles. The number of carbonyl (C=O) groups is 2. The van der Waals surface area contributed by atoms with E-state index in [1.54, 1.807) is 31.5 Å². The van der Waals surface area contributed by atoms with Crippen molar-refractivity contribution in [1.82, 2.24) is 9.55 Å². The van der Waals surface area contributed by atoms with Crippen molar-refractivity contribution < 1.29 is 23.5 Å². The Morgan fingerprint density at radius 3 is 2.16 bits per heavy atom. The summed E-state index contributed by atoms with van der Waals surface area (Å²) in [6, 6.07) is 8.62. The molecule has 3 heterocycles. The predicted octanol–water partition coefficient (Wildman–Crippen LogP) is 3.54. The summed E-state index contributed by atoms with van der Waals surface area (Å²) >= 11 is 0. The Bertz CT molecular complexity index is 1400. The lowest BCUT2D eigenvalue weighted by Crippen LogP contribution is -2.18. The quantitative estimate of drug-likeness (QED) is 0.467. The molecule has 0 aliphatic carbocycles. The van der Waals surface area contributed by atoms with E-state index < -0.39 is 11.9 Å². The molecule has 0 unspecified atom stereocenters. The first-order valence-corrected chi connectivity index (χ1v) is 9.49. The zero-order valence-electron chi connectivity index (χ0n) is 17.7. The second-order valence-electron chi connectivity index (χ2n) is 7.12. The second-order valence-corrected chi connectivity index (χ2v) is 7.12. The molecule has 31 heavy (non-hydrogen) atoms. The number of pyridine rings is 2. The number of esters is 2. The van der Waals surface area contributed by atoms with Crippen LogP contribution >= 0.6 is 0 Å². The van der Waals surface area contributed by atoms with E-state index in [0.717, 1.165) is 5.39 Å². The Morgan fingerprint density at radius 1 is 1.00 bits per heavy atom. The summed E-state index contributed by atoms with van der Waals surface area (Å²) in [5.41, 5.74) is 2.43. The van der Waals surface area contributed by atoms with Gasteiger partial charge in [-0.3, -0.25) is 9.78 Å². The van der Waals surface area contributed by atoms with Gasteiger partial charge in [-0.15, -0.1) is 0 Å². The molecule has 0 amide bonds. The van der Waals surface area contributed by atoms with E-state index in [0.29, 0.717) is 28.2 Å². The van der Waals surface area contributed by atoms with Crippen molar-refractivity contribution in [3.8, 4) is 11.3 Å². The summed E-state index contributed by atoms with van der Waals surface area (Å²) in [5.74, 6) is -1.34. The molecule has 4 rings (SSSR count). The molecule has 0 spiro atoms. The van der Waals surface area contributed by atoms with E-state index in [1.807, 2.05) is 18.2 Å². The minimum atomic E-state index is -0.672. The largest absolute Gasteiger partial charge is 0.465 e. The highest BCUT2D eigenvalue weighted by Crippen LogP contribution is 2.35. The SMILES string of the molecule is COC(=O)c1c(C)nc(C)c(C(=O)OC)c1-c1cc(=O)c2oc3ccccc3c2n1C. The van der Waals surface area contributed by atoms with Gasteiger partial charge in [0.1, 0.15) is 5.58 Å². The fraction of sp³-hybridized carbons (Fsp3) is 0.217. The van der Waals surface area contributed by atoms with E-state index in [1.165, 1.54) is 20.3 Å². The topological polar surface area (TPSA) is 101 Å².